The third-order valence-electron chi connectivity index (χ3n) is 3.25. The molecule has 0 heterocycles. The van der Waals surface area contributed by atoms with Gasteiger partial charge in [-0.1, -0.05) is 44.0 Å². The maximum Gasteiger partial charge on any atom is 0.124 e. The largest absolute Gasteiger partial charge is 0.271 e. The zero-order valence-electron chi connectivity index (χ0n) is 11.0. The van der Waals surface area contributed by atoms with Gasteiger partial charge in [-0.3, -0.25) is 11.3 Å². The van der Waals surface area contributed by atoms with E-state index in [9.17, 15) is 4.39 Å². The molecule has 0 saturated carbocycles. The lowest BCUT2D eigenvalue weighted by Crippen LogP contribution is -2.30. The molecule has 0 aliphatic carbocycles. The summed E-state index contributed by atoms with van der Waals surface area (Å²) in [6, 6.07) is 10.8. The van der Waals surface area contributed by atoms with Crippen molar-refractivity contribution in [3.8, 4) is 0 Å². The summed E-state index contributed by atoms with van der Waals surface area (Å²) < 4.78 is 14.9. The molecule has 0 saturated heterocycles. The van der Waals surface area contributed by atoms with Crippen LogP contribution in [0.3, 0.4) is 0 Å². The Hall–Kier alpha value is -0.750. The second-order valence-electron chi connectivity index (χ2n) is 4.66. The summed E-state index contributed by atoms with van der Waals surface area (Å²) in [5.74, 6) is 5.44. The molecular formula is C15H15Br2FN2. The Labute approximate surface area is 134 Å². The second kappa shape index (κ2) is 6.80. The summed E-state index contributed by atoms with van der Waals surface area (Å²) in [6.07, 6.45) is 0.680. The molecule has 3 N–H and O–H groups in total. The van der Waals surface area contributed by atoms with E-state index >= 15 is 0 Å². The number of benzene rings is 2. The number of rotatable bonds is 4. The van der Waals surface area contributed by atoms with E-state index in [2.05, 4.69) is 43.4 Å². The Morgan fingerprint density at radius 2 is 1.95 bits per heavy atom. The summed E-state index contributed by atoms with van der Waals surface area (Å²) in [5.41, 5.74) is 6.13. The van der Waals surface area contributed by atoms with Gasteiger partial charge < -0.3 is 0 Å². The van der Waals surface area contributed by atoms with Crippen LogP contribution in [0.5, 0.6) is 0 Å². The van der Waals surface area contributed by atoms with Gasteiger partial charge in [0.2, 0.25) is 0 Å². The van der Waals surface area contributed by atoms with E-state index in [-0.39, 0.29) is 11.9 Å². The summed E-state index contributed by atoms with van der Waals surface area (Å²) in [7, 11) is 0. The number of hydrogen-bond acceptors (Lipinski definition) is 2. The number of aryl methyl sites for hydroxylation is 1. The molecule has 2 aromatic carbocycles. The predicted molar refractivity (Wildman–Crippen MR) is 86.7 cm³/mol. The average molecular weight is 402 g/mol. The van der Waals surface area contributed by atoms with Gasteiger partial charge in [0.15, 0.2) is 0 Å². The molecule has 106 valence electrons. The van der Waals surface area contributed by atoms with Gasteiger partial charge >= 0.3 is 0 Å². The minimum atomic E-state index is -0.252. The number of hydrogen-bond donors (Lipinski definition) is 2. The molecule has 0 bridgehead atoms. The lowest BCUT2D eigenvalue weighted by atomic mass is 9.96. The molecule has 2 rings (SSSR count). The summed E-state index contributed by atoms with van der Waals surface area (Å²) in [4.78, 5) is 0. The first-order valence-electron chi connectivity index (χ1n) is 6.17. The number of hydrazine groups is 1. The molecule has 0 aromatic heterocycles. The second-order valence-corrected chi connectivity index (χ2v) is 6.43. The fourth-order valence-electron chi connectivity index (χ4n) is 2.20. The molecule has 5 heteroatoms. The third kappa shape index (κ3) is 3.67. The monoisotopic (exact) mass is 400 g/mol. The van der Waals surface area contributed by atoms with Crippen molar-refractivity contribution in [3.05, 3.63) is 67.9 Å². The first kappa shape index (κ1) is 15.6. The molecule has 0 aliphatic rings. The van der Waals surface area contributed by atoms with Crippen LogP contribution in [0.15, 0.2) is 45.3 Å². The third-order valence-corrected chi connectivity index (χ3v) is 4.48. The average Bonchev–Trinajstić information content (AvgIpc) is 2.39. The van der Waals surface area contributed by atoms with E-state index in [1.54, 1.807) is 6.07 Å². The molecule has 0 amide bonds. The zero-order valence-corrected chi connectivity index (χ0v) is 14.1. The number of nitrogens with two attached hydrogens (primary N) is 1. The lowest BCUT2D eigenvalue weighted by Gasteiger charge is -2.19. The highest BCUT2D eigenvalue weighted by Crippen LogP contribution is 2.27. The van der Waals surface area contributed by atoms with E-state index < -0.39 is 0 Å². The number of halogens is 3. The molecule has 20 heavy (non-hydrogen) atoms. The molecule has 2 nitrogen and oxygen atoms in total. The fourth-order valence-corrected chi connectivity index (χ4v) is 3.18. The van der Waals surface area contributed by atoms with Crippen LogP contribution in [0.2, 0.25) is 0 Å². The molecule has 0 fully saturated rings. The molecule has 0 aliphatic heterocycles. The smallest absolute Gasteiger partial charge is 0.124 e. The van der Waals surface area contributed by atoms with Gasteiger partial charge in [0.1, 0.15) is 5.82 Å². The molecule has 1 atom stereocenters. The van der Waals surface area contributed by atoms with Crippen molar-refractivity contribution >= 4 is 31.9 Å². The van der Waals surface area contributed by atoms with Crippen LogP contribution in [0.4, 0.5) is 4.39 Å². The fraction of sp³-hybridized carbons (Fsp3) is 0.200. The predicted octanol–water partition coefficient (Wildman–Crippen LogP) is 4.41. The zero-order chi connectivity index (χ0) is 14.7. The van der Waals surface area contributed by atoms with E-state index in [0.717, 1.165) is 25.6 Å². The lowest BCUT2D eigenvalue weighted by molar-refractivity contribution is 0.547. The number of nitrogens with one attached hydrogen (secondary N) is 1. The maximum absolute atomic E-state index is 13.1. The Bertz CT molecular complexity index is 617. The molecule has 0 radical (unpaired) electrons. The molecule has 1 unspecified atom stereocenters. The highest BCUT2D eigenvalue weighted by molar-refractivity contribution is 9.10. The normalized spacial score (nSPS) is 12.4. The van der Waals surface area contributed by atoms with Crippen molar-refractivity contribution in [1.29, 1.82) is 0 Å². The Morgan fingerprint density at radius 1 is 1.20 bits per heavy atom. The molecule has 2 aromatic rings. The van der Waals surface area contributed by atoms with Crippen molar-refractivity contribution in [2.24, 2.45) is 5.84 Å². The minimum absolute atomic E-state index is 0.0233. The first-order chi connectivity index (χ1) is 9.51. The quantitative estimate of drug-likeness (QED) is 0.588. The van der Waals surface area contributed by atoms with Gasteiger partial charge in [-0.05, 0) is 54.3 Å². The van der Waals surface area contributed by atoms with Crippen molar-refractivity contribution in [1.82, 2.24) is 5.43 Å². The minimum Gasteiger partial charge on any atom is -0.271 e. The maximum atomic E-state index is 13.1. The van der Waals surface area contributed by atoms with Crippen molar-refractivity contribution in [3.63, 3.8) is 0 Å². The van der Waals surface area contributed by atoms with Crippen LogP contribution in [0, 0.1) is 12.7 Å². The Balaban J connectivity index is 2.28. The van der Waals surface area contributed by atoms with Crippen LogP contribution in [0.25, 0.3) is 0 Å². The standard InChI is InChI=1S/C15H15Br2FN2/c1-9-6-11(16)3-5-13(9)15(20-19)7-10-2-4-12(18)8-14(10)17/h2-6,8,15,20H,7,19H2,1H3. The van der Waals surface area contributed by atoms with Crippen LogP contribution < -0.4 is 11.3 Å². The molecule has 0 spiro atoms. The van der Waals surface area contributed by atoms with Crippen molar-refractivity contribution in [2.75, 3.05) is 0 Å². The van der Waals surface area contributed by atoms with Crippen LogP contribution >= 0.6 is 31.9 Å². The van der Waals surface area contributed by atoms with E-state index in [1.165, 1.54) is 12.1 Å². The van der Waals surface area contributed by atoms with E-state index in [0.29, 0.717) is 6.42 Å². The van der Waals surface area contributed by atoms with Gasteiger partial charge in [0, 0.05) is 8.95 Å². The van der Waals surface area contributed by atoms with Gasteiger partial charge in [-0.2, -0.15) is 0 Å². The van der Waals surface area contributed by atoms with E-state index in [4.69, 9.17) is 5.84 Å². The van der Waals surface area contributed by atoms with Crippen LogP contribution in [0.1, 0.15) is 22.7 Å². The van der Waals surface area contributed by atoms with Crippen LogP contribution in [-0.2, 0) is 6.42 Å². The Kier molecular flexibility index (Phi) is 5.32. The molecular weight excluding hydrogens is 387 g/mol. The first-order valence-corrected chi connectivity index (χ1v) is 7.76. The van der Waals surface area contributed by atoms with Gasteiger partial charge in [0.05, 0.1) is 6.04 Å². The highest BCUT2D eigenvalue weighted by Gasteiger charge is 2.15. The summed E-state index contributed by atoms with van der Waals surface area (Å²) in [5, 5.41) is 0. The topological polar surface area (TPSA) is 38.0 Å². The van der Waals surface area contributed by atoms with Gasteiger partial charge in [-0.15, -0.1) is 0 Å². The Morgan fingerprint density at radius 3 is 2.55 bits per heavy atom. The SMILES string of the molecule is Cc1cc(Br)ccc1C(Cc1ccc(F)cc1Br)NN. The highest BCUT2D eigenvalue weighted by atomic mass is 79.9. The van der Waals surface area contributed by atoms with Crippen molar-refractivity contribution in [2.45, 2.75) is 19.4 Å². The summed E-state index contributed by atoms with van der Waals surface area (Å²) >= 11 is 6.84. The summed E-state index contributed by atoms with van der Waals surface area (Å²) in [6.45, 7) is 2.05. The van der Waals surface area contributed by atoms with Crippen LogP contribution in [-0.4, -0.2) is 0 Å². The van der Waals surface area contributed by atoms with Gasteiger partial charge in [-0.25, -0.2) is 4.39 Å². The van der Waals surface area contributed by atoms with Gasteiger partial charge in [0.25, 0.3) is 0 Å². The van der Waals surface area contributed by atoms with Crippen molar-refractivity contribution < 1.29 is 4.39 Å². The van der Waals surface area contributed by atoms with E-state index in [1.807, 2.05) is 19.1 Å².